The van der Waals surface area contributed by atoms with E-state index >= 15 is 0 Å². The third kappa shape index (κ3) is 29.9. The van der Waals surface area contributed by atoms with Crippen molar-refractivity contribution in [2.24, 2.45) is 35.5 Å². The van der Waals surface area contributed by atoms with Crippen LogP contribution in [0.5, 0.6) is 0 Å². The van der Waals surface area contributed by atoms with Crippen molar-refractivity contribution in [2.75, 3.05) is 0 Å². The average Bonchev–Trinajstić information content (AvgIpc) is 1.64. The Morgan fingerprint density at radius 3 is 0.883 bits per heavy atom. The monoisotopic (exact) mass is 2150 g/mol. The van der Waals surface area contributed by atoms with Gasteiger partial charge in [-0.05, 0) is 144 Å². The van der Waals surface area contributed by atoms with Crippen molar-refractivity contribution in [3.05, 3.63) is 268 Å². The van der Waals surface area contributed by atoms with E-state index < -0.39 is 0 Å². The third-order valence-electron chi connectivity index (χ3n) is 21.9. The molecule has 0 fully saturated rings. The van der Waals surface area contributed by atoms with Gasteiger partial charge in [0.25, 0.3) is 0 Å². The number of benzene rings is 6. The Balaban J connectivity index is 0.000000306. The fourth-order valence-corrected chi connectivity index (χ4v) is 14.6. The largest absolute Gasteiger partial charge is 0.512 e. The van der Waals surface area contributed by atoms with E-state index in [9.17, 15) is 29.7 Å². The molecule has 3 N–H and O–H groups in total. The molecule has 0 amide bonds. The molecule has 0 saturated heterocycles. The van der Waals surface area contributed by atoms with Crippen LogP contribution in [0.2, 0.25) is 0 Å². The summed E-state index contributed by atoms with van der Waals surface area (Å²) in [5.74, 6) is 4.27. The van der Waals surface area contributed by atoms with Crippen molar-refractivity contribution < 1.29 is 103 Å². The first-order chi connectivity index (χ1) is 56.1. The number of furan rings is 3. The molecule has 0 unspecified atom stereocenters. The smallest absolute Gasteiger partial charge is 0.162 e. The molecule has 15 heteroatoms. The SMILES string of the molecule is CCC(CC)C(=O)C=C(O)C(CC)CC.CCC(CC)C(=O)C=C(O)C(CC)CC.CCC(CC)C(=O)C=C(O)C(CC)CC.Cc1[c-]c(-c2cc3cc(-c4c(C)cccc4C)oc3cn2)cc(C)c1.Cc1[c-]c(-c2cc3cc(-c4ccc(C)cc4)oc3cn2)cc(C)c1.Cc1[c-]c(-c2cc3cc(-c4ccccc4)oc3cn2)cc(C)c1.[Ir].[Ir].[Ir]. The van der Waals surface area contributed by atoms with Crippen molar-refractivity contribution in [3.8, 4) is 67.7 Å². The zero-order chi connectivity index (χ0) is 85.6. The quantitative estimate of drug-likeness (QED) is 0.0251. The molecule has 6 aromatic carbocycles. The van der Waals surface area contributed by atoms with Crippen LogP contribution < -0.4 is 0 Å². The molecule has 0 aliphatic carbocycles. The number of ketones is 3. The van der Waals surface area contributed by atoms with E-state index in [-0.39, 0.29) is 130 Å². The summed E-state index contributed by atoms with van der Waals surface area (Å²) in [4.78, 5) is 48.8. The van der Waals surface area contributed by atoms with E-state index in [1.165, 1.54) is 57.2 Å². The number of pyridine rings is 3. The number of carbonyl (C=O) groups is 3. The van der Waals surface area contributed by atoms with Crippen molar-refractivity contribution in [2.45, 2.75) is 222 Å². The van der Waals surface area contributed by atoms with Crippen molar-refractivity contribution in [1.29, 1.82) is 0 Å². The first-order valence-electron chi connectivity index (χ1n) is 42.3. The van der Waals surface area contributed by atoms with Gasteiger partial charge in [0.2, 0.25) is 0 Å². The number of aryl methyl sites for hydroxylation is 9. The van der Waals surface area contributed by atoms with Gasteiger partial charge in [-0.15, -0.1) is 105 Å². The van der Waals surface area contributed by atoms with Crippen LogP contribution in [0.1, 0.15) is 210 Å². The van der Waals surface area contributed by atoms with E-state index in [2.05, 4.69) is 211 Å². The Kier molecular flexibility index (Phi) is 44.5. The number of rotatable bonds is 27. The summed E-state index contributed by atoms with van der Waals surface area (Å²) in [6.45, 7) is 43.0. The standard InChI is InChI=1S/C23H20NO.C22H18NO.C21H16NO.3C13H24O2.3Ir/c1-14-8-15(2)10-18(9-14)20-11-19-12-21(25-22(19)13-24-20)23-16(3)6-5-7-17(23)4;1-14-4-6-17(7-5-14)21-12-19-11-20(23-13-22(19)24-21)18-9-15(2)8-16(3)10-18;1-14-8-15(2)10-17(9-14)19-11-18-12-20(23-21(18)13-22-19)16-6-4-3-5-7-16;3*1-5-10(6-2)12(14)9-13(15)11(7-3)8-4;;;/h5-9,11-13H,1-4H3;4-9,11-13H,1-3H3;3-9,11-13H,1-2H3;3*9-11,14H,5-8H2,1-4H3;;;/q3*-1;;;;;;. The minimum absolute atomic E-state index is 0. The molecule has 645 valence electrons. The van der Waals surface area contributed by atoms with Gasteiger partial charge in [0.15, 0.2) is 34.1 Å². The molecule has 6 heterocycles. The minimum Gasteiger partial charge on any atom is -0.512 e. The van der Waals surface area contributed by atoms with Crippen LogP contribution in [-0.2, 0) is 74.7 Å². The Labute approximate surface area is 756 Å². The van der Waals surface area contributed by atoms with Gasteiger partial charge in [0.1, 0.15) is 17.3 Å². The maximum atomic E-state index is 11.7. The summed E-state index contributed by atoms with van der Waals surface area (Å²) in [5.41, 5.74) is 22.3. The summed E-state index contributed by atoms with van der Waals surface area (Å²) in [6.07, 6.45) is 20.1. The summed E-state index contributed by atoms with van der Waals surface area (Å²) in [6, 6.07) is 60.1. The van der Waals surface area contributed by atoms with Gasteiger partial charge in [-0.2, -0.15) is 0 Å². The molecule has 0 spiro atoms. The normalized spacial score (nSPS) is 11.4. The van der Waals surface area contributed by atoms with Crippen LogP contribution in [0.15, 0.2) is 213 Å². The molecule has 12 rings (SSSR count). The van der Waals surface area contributed by atoms with Gasteiger partial charge in [-0.3, -0.25) is 14.4 Å². The molecule has 12 nitrogen and oxygen atoms in total. The number of carbonyl (C=O) groups excluding carboxylic acids is 3. The molecule has 0 aliphatic rings. The first kappa shape index (κ1) is 103. The van der Waals surface area contributed by atoms with Crippen LogP contribution in [0, 0.1) is 116 Å². The Morgan fingerprint density at radius 1 is 0.325 bits per heavy atom. The van der Waals surface area contributed by atoms with Crippen LogP contribution in [0.4, 0.5) is 0 Å². The second-order valence-electron chi connectivity index (χ2n) is 30.9. The number of hydrogen-bond donors (Lipinski definition) is 3. The summed E-state index contributed by atoms with van der Waals surface area (Å²) in [7, 11) is 0. The Hall–Kier alpha value is -9.03. The molecule has 3 radical (unpaired) electrons. The van der Waals surface area contributed by atoms with E-state index in [1.54, 1.807) is 12.4 Å². The number of aliphatic hydroxyl groups is 3. The topological polar surface area (TPSA) is 190 Å². The van der Waals surface area contributed by atoms with Gasteiger partial charge in [-0.25, -0.2) is 0 Å². The van der Waals surface area contributed by atoms with Crippen molar-refractivity contribution >= 4 is 50.3 Å². The Bertz CT molecular complexity index is 5100. The van der Waals surface area contributed by atoms with Crippen LogP contribution in [-0.4, -0.2) is 47.6 Å². The molecular formula is C105H126Ir3N3O9-3. The van der Waals surface area contributed by atoms with E-state index in [0.717, 1.165) is 189 Å². The number of aliphatic hydroxyl groups excluding tert-OH is 3. The average molecular weight is 2150 g/mol. The van der Waals surface area contributed by atoms with Gasteiger partial charge in [0, 0.05) is 147 Å². The summed E-state index contributed by atoms with van der Waals surface area (Å²) < 4.78 is 18.0. The number of allylic oxidation sites excluding steroid dienone is 6. The minimum atomic E-state index is 0. The molecule has 0 saturated carbocycles. The number of hydrogen-bond acceptors (Lipinski definition) is 12. The molecule has 12 aromatic rings. The zero-order valence-corrected chi connectivity index (χ0v) is 81.6. The molecule has 120 heavy (non-hydrogen) atoms. The van der Waals surface area contributed by atoms with Crippen LogP contribution in [0.3, 0.4) is 0 Å². The van der Waals surface area contributed by atoms with E-state index in [4.69, 9.17) is 13.3 Å². The zero-order valence-electron chi connectivity index (χ0n) is 74.4. The molecule has 6 aromatic heterocycles. The maximum Gasteiger partial charge on any atom is 0.162 e. The molecule has 0 aliphatic heterocycles. The number of aromatic nitrogens is 3. The fraction of sp³-hybridized carbons (Fsp3) is 0.371. The Morgan fingerprint density at radius 2 is 0.600 bits per heavy atom. The van der Waals surface area contributed by atoms with Gasteiger partial charge in [-0.1, -0.05) is 221 Å². The third-order valence-corrected chi connectivity index (χ3v) is 21.9. The predicted octanol–water partition coefficient (Wildman–Crippen LogP) is 29.3. The molecule has 0 atom stereocenters. The molecule has 0 bridgehead atoms. The summed E-state index contributed by atoms with van der Waals surface area (Å²) in [5, 5.41) is 32.5. The number of nitrogens with zero attached hydrogens (tertiary/aromatic N) is 3. The van der Waals surface area contributed by atoms with Crippen molar-refractivity contribution in [1.82, 2.24) is 15.0 Å². The van der Waals surface area contributed by atoms with Crippen LogP contribution in [0.25, 0.3) is 101 Å². The van der Waals surface area contributed by atoms with Gasteiger partial charge >= 0.3 is 0 Å². The summed E-state index contributed by atoms with van der Waals surface area (Å²) >= 11 is 0. The molecular weight excluding hydrogens is 2020 g/mol. The van der Waals surface area contributed by atoms with E-state index in [1.807, 2.05) is 120 Å². The van der Waals surface area contributed by atoms with E-state index in [0.29, 0.717) is 0 Å². The van der Waals surface area contributed by atoms with Gasteiger partial charge < -0.3 is 43.5 Å². The van der Waals surface area contributed by atoms with Crippen molar-refractivity contribution in [3.63, 3.8) is 0 Å². The fourth-order valence-electron chi connectivity index (χ4n) is 14.6. The second-order valence-corrected chi connectivity index (χ2v) is 30.9. The number of fused-ring (bicyclic) bond motifs is 3. The maximum absolute atomic E-state index is 11.7. The second kappa shape index (κ2) is 51.7. The first-order valence-corrected chi connectivity index (χ1v) is 42.3. The van der Waals surface area contributed by atoms with Gasteiger partial charge in [0.05, 0.1) is 35.9 Å². The predicted molar refractivity (Wildman–Crippen MR) is 485 cm³/mol. The van der Waals surface area contributed by atoms with Crippen LogP contribution >= 0.6 is 0 Å².